The molecule has 1 unspecified atom stereocenters. The first-order valence-electron chi connectivity index (χ1n) is 5.36. The van der Waals surface area contributed by atoms with E-state index in [1.807, 2.05) is 6.92 Å². The van der Waals surface area contributed by atoms with Crippen molar-refractivity contribution in [3.63, 3.8) is 0 Å². The third-order valence-electron chi connectivity index (χ3n) is 2.18. The summed E-state index contributed by atoms with van der Waals surface area (Å²) in [5, 5.41) is 11.7. The van der Waals surface area contributed by atoms with Gasteiger partial charge in [0, 0.05) is 19.0 Å². The molecule has 0 aromatic carbocycles. The van der Waals surface area contributed by atoms with Crippen LogP contribution in [0.2, 0.25) is 0 Å². The number of methoxy groups -OCH3 is 1. The number of anilines is 1. The maximum absolute atomic E-state index is 10.5. The van der Waals surface area contributed by atoms with Gasteiger partial charge in [0.05, 0.1) is 7.11 Å². The summed E-state index contributed by atoms with van der Waals surface area (Å²) in [5.74, 6) is 0.986. The summed E-state index contributed by atoms with van der Waals surface area (Å²) in [6, 6.07) is 1.68. The Morgan fingerprint density at radius 3 is 2.88 bits per heavy atom. The second-order valence-electron chi connectivity index (χ2n) is 3.93. The number of ether oxygens (including phenoxy) is 1. The van der Waals surface area contributed by atoms with Crippen molar-refractivity contribution in [1.82, 2.24) is 9.97 Å². The molecule has 94 valence electrons. The second kappa shape index (κ2) is 6.03. The number of nitrogens with one attached hydrogen (secondary N) is 1. The first-order valence-corrected chi connectivity index (χ1v) is 5.36. The van der Waals surface area contributed by atoms with Crippen molar-refractivity contribution in [3.8, 4) is 5.88 Å². The van der Waals surface area contributed by atoms with E-state index in [0.29, 0.717) is 24.1 Å². The van der Waals surface area contributed by atoms with Gasteiger partial charge in [-0.15, -0.1) is 0 Å². The number of aromatic nitrogens is 2. The van der Waals surface area contributed by atoms with Gasteiger partial charge in [-0.3, -0.25) is 4.79 Å². The van der Waals surface area contributed by atoms with Crippen LogP contribution >= 0.6 is 0 Å². The number of carbonyl (C=O) groups is 1. The van der Waals surface area contributed by atoms with Crippen molar-refractivity contribution in [1.29, 1.82) is 0 Å². The van der Waals surface area contributed by atoms with Crippen molar-refractivity contribution < 1.29 is 14.6 Å². The minimum atomic E-state index is -0.796. The Bertz CT molecular complexity index is 396. The quantitative estimate of drug-likeness (QED) is 0.778. The highest BCUT2D eigenvalue weighted by molar-refractivity contribution is 5.67. The zero-order chi connectivity index (χ0) is 12.8. The Morgan fingerprint density at radius 2 is 2.29 bits per heavy atom. The van der Waals surface area contributed by atoms with Gasteiger partial charge < -0.3 is 15.2 Å². The standard InChI is InChI=1S/C11H17N3O3/c1-7(4-11(15)16)6-12-9-5-10(17-3)14-8(2)13-9/h5,7H,4,6H2,1-3H3,(H,15,16)(H,12,13,14). The van der Waals surface area contributed by atoms with Crippen LogP contribution in [0.15, 0.2) is 6.07 Å². The lowest BCUT2D eigenvalue weighted by atomic mass is 10.1. The Labute approximate surface area is 100 Å². The van der Waals surface area contributed by atoms with E-state index in [9.17, 15) is 4.79 Å². The summed E-state index contributed by atoms with van der Waals surface area (Å²) in [6.07, 6.45) is 0.133. The zero-order valence-corrected chi connectivity index (χ0v) is 10.2. The molecular formula is C11H17N3O3. The number of rotatable bonds is 6. The second-order valence-corrected chi connectivity index (χ2v) is 3.93. The van der Waals surface area contributed by atoms with E-state index in [0.717, 1.165) is 0 Å². The molecule has 0 amide bonds. The lowest BCUT2D eigenvalue weighted by Gasteiger charge is -2.11. The van der Waals surface area contributed by atoms with Gasteiger partial charge in [-0.05, 0) is 12.8 Å². The molecule has 0 fully saturated rings. The number of hydrogen-bond donors (Lipinski definition) is 2. The van der Waals surface area contributed by atoms with Crippen molar-refractivity contribution >= 4 is 11.8 Å². The normalized spacial score (nSPS) is 11.9. The highest BCUT2D eigenvalue weighted by atomic mass is 16.5. The van der Waals surface area contributed by atoms with Crippen molar-refractivity contribution in [2.45, 2.75) is 20.3 Å². The van der Waals surface area contributed by atoms with Gasteiger partial charge in [0.25, 0.3) is 0 Å². The monoisotopic (exact) mass is 239 g/mol. The lowest BCUT2D eigenvalue weighted by Crippen LogP contribution is -2.16. The Hall–Kier alpha value is -1.85. The number of aryl methyl sites for hydroxylation is 1. The van der Waals surface area contributed by atoms with Crippen molar-refractivity contribution in [2.75, 3.05) is 19.0 Å². The number of carboxylic acids is 1. The number of hydrogen-bond acceptors (Lipinski definition) is 5. The Balaban J connectivity index is 2.56. The summed E-state index contributed by atoms with van der Waals surface area (Å²) < 4.78 is 5.02. The molecule has 0 aliphatic carbocycles. The molecule has 6 heteroatoms. The molecule has 0 aliphatic heterocycles. The van der Waals surface area contributed by atoms with E-state index >= 15 is 0 Å². The van der Waals surface area contributed by atoms with Gasteiger partial charge in [0.15, 0.2) is 0 Å². The molecule has 6 nitrogen and oxygen atoms in total. The van der Waals surface area contributed by atoms with Gasteiger partial charge in [0.1, 0.15) is 11.6 Å². The lowest BCUT2D eigenvalue weighted by molar-refractivity contribution is -0.137. The van der Waals surface area contributed by atoms with Crippen LogP contribution in [0.25, 0.3) is 0 Å². The molecule has 0 radical (unpaired) electrons. The average Bonchev–Trinajstić information content (AvgIpc) is 2.24. The minimum absolute atomic E-state index is 0.0359. The van der Waals surface area contributed by atoms with Gasteiger partial charge in [-0.2, -0.15) is 4.98 Å². The van der Waals surface area contributed by atoms with Crippen LogP contribution in [0.4, 0.5) is 5.82 Å². The van der Waals surface area contributed by atoms with E-state index in [4.69, 9.17) is 9.84 Å². The molecule has 0 spiro atoms. The summed E-state index contributed by atoms with van der Waals surface area (Å²) in [6.45, 7) is 4.19. The third kappa shape index (κ3) is 4.67. The van der Waals surface area contributed by atoms with Gasteiger partial charge >= 0.3 is 5.97 Å². The largest absolute Gasteiger partial charge is 0.481 e. The predicted octanol–water partition coefficient (Wildman–Crippen LogP) is 1.32. The van der Waals surface area contributed by atoms with Crippen LogP contribution in [0.3, 0.4) is 0 Å². The van der Waals surface area contributed by atoms with E-state index in [1.54, 1.807) is 20.1 Å². The summed E-state index contributed by atoms with van der Waals surface area (Å²) in [5.41, 5.74) is 0. The molecule has 1 atom stereocenters. The van der Waals surface area contributed by atoms with Gasteiger partial charge in [-0.25, -0.2) is 4.98 Å². The fraction of sp³-hybridized carbons (Fsp3) is 0.545. The van der Waals surface area contributed by atoms with E-state index < -0.39 is 5.97 Å². The summed E-state index contributed by atoms with van der Waals surface area (Å²) in [7, 11) is 1.54. The number of carboxylic acid groups (broad SMARTS) is 1. The number of aliphatic carboxylic acids is 1. The molecule has 2 N–H and O–H groups in total. The fourth-order valence-electron chi connectivity index (χ4n) is 1.38. The topological polar surface area (TPSA) is 84.3 Å². The van der Waals surface area contributed by atoms with Crippen LogP contribution in [-0.2, 0) is 4.79 Å². The van der Waals surface area contributed by atoms with E-state index in [2.05, 4.69) is 15.3 Å². The predicted molar refractivity (Wildman–Crippen MR) is 63.2 cm³/mol. The molecule has 0 saturated heterocycles. The molecule has 0 bridgehead atoms. The average molecular weight is 239 g/mol. The first-order chi connectivity index (χ1) is 8.01. The van der Waals surface area contributed by atoms with Crippen LogP contribution in [0, 0.1) is 12.8 Å². The van der Waals surface area contributed by atoms with Crippen LogP contribution < -0.4 is 10.1 Å². The maximum atomic E-state index is 10.5. The highest BCUT2D eigenvalue weighted by Crippen LogP contribution is 2.13. The van der Waals surface area contributed by atoms with Crippen molar-refractivity contribution in [3.05, 3.63) is 11.9 Å². The molecule has 0 saturated carbocycles. The molecular weight excluding hydrogens is 222 g/mol. The third-order valence-corrected chi connectivity index (χ3v) is 2.18. The minimum Gasteiger partial charge on any atom is -0.481 e. The van der Waals surface area contributed by atoms with Gasteiger partial charge in [-0.1, -0.05) is 6.92 Å². The summed E-state index contributed by atoms with van der Waals surface area (Å²) >= 11 is 0. The van der Waals surface area contributed by atoms with Crippen LogP contribution in [0.5, 0.6) is 5.88 Å². The van der Waals surface area contributed by atoms with Crippen LogP contribution in [-0.4, -0.2) is 34.7 Å². The van der Waals surface area contributed by atoms with Crippen molar-refractivity contribution in [2.24, 2.45) is 5.92 Å². The molecule has 0 aliphatic rings. The zero-order valence-electron chi connectivity index (χ0n) is 10.2. The SMILES string of the molecule is COc1cc(NCC(C)CC(=O)O)nc(C)n1. The molecule has 1 heterocycles. The van der Waals surface area contributed by atoms with E-state index in [-0.39, 0.29) is 12.3 Å². The molecule has 1 aromatic heterocycles. The maximum Gasteiger partial charge on any atom is 0.303 e. The summed E-state index contributed by atoms with van der Waals surface area (Å²) in [4.78, 5) is 18.7. The molecule has 1 aromatic rings. The smallest absolute Gasteiger partial charge is 0.303 e. The van der Waals surface area contributed by atoms with Gasteiger partial charge in [0.2, 0.25) is 5.88 Å². The van der Waals surface area contributed by atoms with E-state index in [1.165, 1.54) is 0 Å². The Morgan fingerprint density at radius 1 is 1.59 bits per heavy atom. The van der Waals surface area contributed by atoms with Crippen LogP contribution in [0.1, 0.15) is 19.2 Å². The fourth-order valence-corrected chi connectivity index (χ4v) is 1.38. The number of nitrogens with zero attached hydrogens (tertiary/aromatic N) is 2. The molecule has 1 rings (SSSR count). The Kier molecular flexibility index (Phi) is 4.68. The first kappa shape index (κ1) is 13.2. The molecule has 17 heavy (non-hydrogen) atoms. The highest BCUT2D eigenvalue weighted by Gasteiger charge is 2.08.